The lowest BCUT2D eigenvalue weighted by Crippen LogP contribution is -2.03. The summed E-state index contributed by atoms with van der Waals surface area (Å²) < 4.78 is 0. The molecule has 90 valence electrons. The summed E-state index contributed by atoms with van der Waals surface area (Å²) in [5, 5.41) is 4.34. The molecule has 0 aliphatic carbocycles. The van der Waals surface area contributed by atoms with Gasteiger partial charge in [0.1, 0.15) is 17.2 Å². The van der Waals surface area contributed by atoms with Crippen molar-refractivity contribution in [3.63, 3.8) is 0 Å². The first-order valence-corrected chi connectivity index (χ1v) is 8.07. The number of anilines is 1. The summed E-state index contributed by atoms with van der Waals surface area (Å²) in [5.41, 5.74) is 0. The van der Waals surface area contributed by atoms with Crippen LogP contribution in [0.4, 0.5) is 5.82 Å². The van der Waals surface area contributed by atoms with Gasteiger partial charge in [0.2, 0.25) is 0 Å². The zero-order valence-corrected chi connectivity index (χ0v) is 11.5. The van der Waals surface area contributed by atoms with Gasteiger partial charge in [-0.05, 0) is 31.1 Å². The highest BCUT2D eigenvalue weighted by Gasteiger charge is 1.96. The highest BCUT2D eigenvalue weighted by atomic mass is 32.2. The smallest absolute Gasteiger partial charge is 0.130 e. The second-order valence-corrected chi connectivity index (χ2v) is 5.24. The Hall–Kier alpha value is -0.420. The van der Waals surface area contributed by atoms with Gasteiger partial charge in [-0.25, -0.2) is 9.97 Å². The van der Waals surface area contributed by atoms with Crippen LogP contribution in [0.1, 0.15) is 19.3 Å². The first-order valence-electron chi connectivity index (χ1n) is 5.45. The lowest BCUT2D eigenvalue weighted by atomic mass is 10.2. The number of unbranched alkanes of at least 4 members (excludes halogenated alkanes) is 2. The second kappa shape index (κ2) is 8.70. The minimum atomic E-state index is 0.934. The molecular formula is C11H19N3S2. The predicted molar refractivity (Wildman–Crippen MR) is 74.5 cm³/mol. The summed E-state index contributed by atoms with van der Waals surface area (Å²) in [5.74, 6) is 2.20. The van der Waals surface area contributed by atoms with Crippen LogP contribution >= 0.6 is 23.5 Å². The molecule has 0 spiro atoms. The molecule has 16 heavy (non-hydrogen) atoms. The Morgan fingerprint density at radius 3 is 2.81 bits per heavy atom. The van der Waals surface area contributed by atoms with E-state index in [0.717, 1.165) is 17.4 Å². The molecule has 0 fully saturated rings. The number of thioether (sulfide) groups is 2. The molecule has 0 amide bonds. The van der Waals surface area contributed by atoms with Crippen LogP contribution < -0.4 is 5.32 Å². The standard InChI is InChI=1S/C11H19N3S2/c1-15-7-5-3-4-6-12-10-8-11(16-2)14-9-13-10/h8-9H,3-7H2,1-2H3,(H,12,13,14). The molecule has 0 aliphatic rings. The Bertz CT molecular complexity index is 294. The van der Waals surface area contributed by atoms with Crippen molar-refractivity contribution in [1.29, 1.82) is 0 Å². The normalized spacial score (nSPS) is 10.4. The molecule has 0 radical (unpaired) electrons. The van der Waals surface area contributed by atoms with Crippen molar-refractivity contribution in [2.75, 3.05) is 30.1 Å². The van der Waals surface area contributed by atoms with Crippen LogP contribution in [0.2, 0.25) is 0 Å². The van der Waals surface area contributed by atoms with E-state index in [-0.39, 0.29) is 0 Å². The van der Waals surface area contributed by atoms with E-state index in [2.05, 4.69) is 21.5 Å². The van der Waals surface area contributed by atoms with Crippen LogP contribution in [0, 0.1) is 0 Å². The largest absolute Gasteiger partial charge is 0.370 e. The molecule has 1 rings (SSSR count). The summed E-state index contributed by atoms with van der Waals surface area (Å²) in [6, 6.07) is 1.99. The summed E-state index contributed by atoms with van der Waals surface area (Å²) in [4.78, 5) is 8.32. The molecule has 5 heteroatoms. The lowest BCUT2D eigenvalue weighted by Gasteiger charge is -2.05. The summed E-state index contributed by atoms with van der Waals surface area (Å²) in [6.45, 7) is 0.999. The maximum absolute atomic E-state index is 4.18. The number of nitrogens with one attached hydrogen (secondary N) is 1. The molecule has 0 aromatic carbocycles. The molecule has 0 saturated carbocycles. The fourth-order valence-corrected chi connectivity index (χ4v) is 2.19. The Labute approximate surface area is 106 Å². The third kappa shape index (κ3) is 5.61. The molecule has 1 aromatic rings. The number of rotatable bonds is 8. The summed E-state index contributed by atoms with van der Waals surface area (Å²) >= 11 is 3.56. The van der Waals surface area contributed by atoms with E-state index in [1.807, 2.05) is 24.1 Å². The molecule has 1 aromatic heterocycles. The van der Waals surface area contributed by atoms with Gasteiger partial charge in [0, 0.05) is 12.6 Å². The van der Waals surface area contributed by atoms with Crippen LogP contribution in [0.5, 0.6) is 0 Å². The number of hydrogen-bond donors (Lipinski definition) is 1. The van der Waals surface area contributed by atoms with Gasteiger partial charge in [-0.1, -0.05) is 6.42 Å². The molecule has 1 heterocycles. The van der Waals surface area contributed by atoms with Gasteiger partial charge in [-0.3, -0.25) is 0 Å². The zero-order chi connectivity index (χ0) is 11.6. The molecule has 0 atom stereocenters. The fraction of sp³-hybridized carbons (Fsp3) is 0.636. The van der Waals surface area contributed by atoms with Crippen LogP contribution in [-0.4, -0.2) is 34.8 Å². The number of hydrogen-bond acceptors (Lipinski definition) is 5. The van der Waals surface area contributed by atoms with E-state index >= 15 is 0 Å². The van der Waals surface area contributed by atoms with E-state index in [9.17, 15) is 0 Å². The van der Waals surface area contributed by atoms with Gasteiger partial charge in [0.15, 0.2) is 0 Å². The van der Waals surface area contributed by atoms with Crippen molar-refractivity contribution in [2.45, 2.75) is 24.3 Å². The van der Waals surface area contributed by atoms with Crippen molar-refractivity contribution >= 4 is 29.3 Å². The first kappa shape index (κ1) is 13.6. The molecular weight excluding hydrogens is 238 g/mol. The van der Waals surface area contributed by atoms with Crippen LogP contribution in [-0.2, 0) is 0 Å². The summed E-state index contributed by atoms with van der Waals surface area (Å²) in [6.07, 6.45) is 9.59. The van der Waals surface area contributed by atoms with E-state index in [0.29, 0.717) is 0 Å². The Balaban J connectivity index is 2.16. The average molecular weight is 257 g/mol. The van der Waals surface area contributed by atoms with Gasteiger partial charge >= 0.3 is 0 Å². The van der Waals surface area contributed by atoms with E-state index in [1.54, 1.807) is 18.1 Å². The van der Waals surface area contributed by atoms with Gasteiger partial charge in [0.25, 0.3) is 0 Å². The summed E-state index contributed by atoms with van der Waals surface area (Å²) in [7, 11) is 0. The van der Waals surface area contributed by atoms with Crippen molar-refractivity contribution in [1.82, 2.24) is 9.97 Å². The van der Waals surface area contributed by atoms with Crippen LogP contribution in [0.15, 0.2) is 17.4 Å². The number of aromatic nitrogens is 2. The first-order chi connectivity index (χ1) is 7.86. The lowest BCUT2D eigenvalue weighted by molar-refractivity contribution is 0.747. The van der Waals surface area contributed by atoms with Gasteiger partial charge in [-0.2, -0.15) is 11.8 Å². The maximum atomic E-state index is 4.18. The predicted octanol–water partition coefficient (Wildman–Crippen LogP) is 3.14. The van der Waals surface area contributed by atoms with Gasteiger partial charge in [-0.15, -0.1) is 11.8 Å². The second-order valence-electron chi connectivity index (χ2n) is 3.43. The SMILES string of the molecule is CSCCCCCNc1cc(SC)ncn1. The Morgan fingerprint density at radius 1 is 1.19 bits per heavy atom. The van der Waals surface area contributed by atoms with E-state index in [4.69, 9.17) is 0 Å². The van der Waals surface area contributed by atoms with E-state index in [1.165, 1.54) is 25.0 Å². The minimum Gasteiger partial charge on any atom is -0.370 e. The van der Waals surface area contributed by atoms with Gasteiger partial charge in [0.05, 0.1) is 0 Å². The van der Waals surface area contributed by atoms with Crippen molar-refractivity contribution < 1.29 is 0 Å². The quantitative estimate of drug-likeness (QED) is 0.440. The third-order valence-electron chi connectivity index (χ3n) is 2.18. The zero-order valence-electron chi connectivity index (χ0n) is 9.90. The monoisotopic (exact) mass is 257 g/mol. The fourth-order valence-electron chi connectivity index (χ4n) is 1.31. The maximum Gasteiger partial charge on any atom is 0.130 e. The minimum absolute atomic E-state index is 0.934. The topological polar surface area (TPSA) is 37.8 Å². The molecule has 0 bridgehead atoms. The molecule has 0 saturated heterocycles. The highest BCUT2D eigenvalue weighted by molar-refractivity contribution is 7.98. The molecule has 0 unspecified atom stereocenters. The van der Waals surface area contributed by atoms with Gasteiger partial charge < -0.3 is 5.32 Å². The Morgan fingerprint density at radius 2 is 2.06 bits per heavy atom. The van der Waals surface area contributed by atoms with Crippen LogP contribution in [0.3, 0.4) is 0 Å². The average Bonchev–Trinajstić information content (AvgIpc) is 2.34. The van der Waals surface area contributed by atoms with Crippen LogP contribution in [0.25, 0.3) is 0 Å². The van der Waals surface area contributed by atoms with Crippen molar-refractivity contribution in [3.8, 4) is 0 Å². The molecule has 3 nitrogen and oxygen atoms in total. The van der Waals surface area contributed by atoms with Crippen molar-refractivity contribution in [3.05, 3.63) is 12.4 Å². The third-order valence-corrected chi connectivity index (χ3v) is 3.52. The van der Waals surface area contributed by atoms with Crippen molar-refractivity contribution in [2.24, 2.45) is 0 Å². The molecule has 1 N–H and O–H groups in total. The molecule has 0 aliphatic heterocycles. The van der Waals surface area contributed by atoms with E-state index < -0.39 is 0 Å². The Kier molecular flexibility index (Phi) is 7.42. The number of nitrogens with zero attached hydrogens (tertiary/aromatic N) is 2. The highest BCUT2D eigenvalue weighted by Crippen LogP contribution is 2.13.